The van der Waals surface area contributed by atoms with Crippen molar-refractivity contribution in [3.8, 4) is 5.75 Å². The Morgan fingerprint density at radius 1 is 1.14 bits per heavy atom. The number of nitrogens with one attached hydrogen (secondary N) is 1. The summed E-state index contributed by atoms with van der Waals surface area (Å²) >= 11 is 0. The van der Waals surface area contributed by atoms with E-state index in [4.69, 9.17) is 4.74 Å². The second-order valence-electron chi connectivity index (χ2n) is 7.01. The molecular formula is C21H28F3N3O2. The number of likely N-dealkylation sites (N-methyl/N-ethyl adjacent to an activating group) is 2. The van der Waals surface area contributed by atoms with E-state index in [1.165, 1.54) is 12.2 Å². The van der Waals surface area contributed by atoms with E-state index in [-0.39, 0.29) is 12.5 Å². The quantitative estimate of drug-likeness (QED) is 0.642. The van der Waals surface area contributed by atoms with Crippen LogP contribution in [-0.2, 0) is 4.79 Å². The predicted molar refractivity (Wildman–Crippen MR) is 107 cm³/mol. The molecule has 1 aliphatic carbocycles. The third kappa shape index (κ3) is 8.19. The molecule has 1 aromatic carbocycles. The highest BCUT2D eigenvalue weighted by Gasteiger charge is 2.33. The lowest BCUT2D eigenvalue weighted by Gasteiger charge is -2.28. The van der Waals surface area contributed by atoms with Crippen LogP contribution in [0.1, 0.15) is 12.8 Å². The van der Waals surface area contributed by atoms with Crippen LogP contribution < -0.4 is 10.1 Å². The molecule has 0 aromatic heterocycles. The highest BCUT2D eigenvalue weighted by atomic mass is 19.4. The first-order valence-electron chi connectivity index (χ1n) is 9.58. The van der Waals surface area contributed by atoms with Gasteiger partial charge in [-0.3, -0.25) is 4.79 Å². The predicted octanol–water partition coefficient (Wildman–Crippen LogP) is 3.21. The molecule has 0 spiro atoms. The summed E-state index contributed by atoms with van der Waals surface area (Å²) in [4.78, 5) is 15.7. The number of allylic oxidation sites excluding steroid dienone is 4. The Bertz CT molecular complexity index is 718. The fourth-order valence-corrected chi connectivity index (χ4v) is 2.86. The number of para-hydroxylation sites is 1. The van der Waals surface area contributed by atoms with Crippen LogP contribution in [0.5, 0.6) is 5.75 Å². The Balaban J connectivity index is 1.64. The van der Waals surface area contributed by atoms with E-state index in [2.05, 4.69) is 5.32 Å². The molecule has 0 bridgehead atoms. The van der Waals surface area contributed by atoms with Crippen molar-refractivity contribution in [2.75, 3.05) is 46.9 Å². The van der Waals surface area contributed by atoms with Gasteiger partial charge < -0.3 is 19.9 Å². The maximum atomic E-state index is 12.9. The monoisotopic (exact) mass is 411 g/mol. The number of ether oxygens (including phenoxy) is 1. The second-order valence-corrected chi connectivity index (χ2v) is 7.01. The van der Waals surface area contributed by atoms with Crippen molar-refractivity contribution in [3.63, 3.8) is 0 Å². The second kappa shape index (κ2) is 10.9. The molecule has 0 saturated carbocycles. The number of nitrogens with zero attached hydrogens (tertiary/aromatic N) is 2. The number of halogens is 3. The van der Waals surface area contributed by atoms with Gasteiger partial charge in [0.1, 0.15) is 5.75 Å². The van der Waals surface area contributed by atoms with Gasteiger partial charge in [0.2, 0.25) is 0 Å². The Kier molecular flexibility index (Phi) is 8.57. The third-order valence-corrected chi connectivity index (χ3v) is 4.65. The summed E-state index contributed by atoms with van der Waals surface area (Å²) in [6.07, 6.45) is -0.814. The summed E-state index contributed by atoms with van der Waals surface area (Å²) in [6, 6.07) is 9.11. The van der Waals surface area contributed by atoms with Crippen molar-refractivity contribution in [1.82, 2.24) is 15.1 Å². The first-order chi connectivity index (χ1) is 13.8. The summed E-state index contributed by atoms with van der Waals surface area (Å²) in [5.74, 6) is 0.446. The Morgan fingerprint density at radius 3 is 2.55 bits per heavy atom. The highest BCUT2D eigenvalue weighted by Crippen LogP contribution is 2.32. The van der Waals surface area contributed by atoms with Gasteiger partial charge in [0.05, 0.1) is 5.57 Å². The van der Waals surface area contributed by atoms with E-state index in [1.807, 2.05) is 42.1 Å². The van der Waals surface area contributed by atoms with Crippen molar-refractivity contribution in [2.45, 2.75) is 19.0 Å². The highest BCUT2D eigenvalue weighted by molar-refractivity contribution is 5.77. The van der Waals surface area contributed by atoms with Crippen LogP contribution in [0, 0.1) is 0 Å². The summed E-state index contributed by atoms with van der Waals surface area (Å²) in [5, 5.41) is 2.79. The topological polar surface area (TPSA) is 44.8 Å². The van der Waals surface area contributed by atoms with E-state index in [0.29, 0.717) is 50.5 Å². The average molecular weight is 411 g/mol. The molecule has 1 N–H and O–H groups in total. The minimum atomic E-state index is -4.30. The molecule has 2 rings (SSSR count). The molecule has 0 saturated heterocycles. The summed E-state index contributed by atoms with van der Waals surface area (Å²) in [7, 11) is 3.72. The lowest BCUT2D eigenvalue weighted by atomic mass is 10.0. The van der Waals surface area contributed by atoms with Gasteiger partial charge in [-0.25, -0.2) is 0 Å². The Labute approximate surface area is 169 Å². The van der Waals surface area contributed by atoms with Crippen LogP contribution in [0.4, 0.5) is 13.2 Å². The number of alkyl halides is 3. The molecule has 29 heavy (non-hydrogen) atoms. The number of hydrogen-bond acceptors (Lipinski definition) is 4. The molecule has 1 aromatic rings. The van der Waals surface area contributed by atoms with Gasteiger partial charge in [-0.15, -0.1) is 0 Å². The van der Waals surface area contributed by atoms with Crippen LogP contribution in [0.3, 0.4) is 0 Å². The number of carbonyl (C=O) groups is 1. The van der Waals surface area contributed by atoms with Crippen molar-refractivity contribution in [2.24, 2.45) is 0 Å². The van der Waals surface area contributed by atoms with Gasteiger partial charge in [-0.05, 0) is 38.1 Å². The maximum absolute atomic E-state index is 12.9. The fourth-order valence-electron chi connectivity index (χ4n) is 2.86. The molecule has 0 atom stereocenters. The van der Waals surface area contributed by atoms with Crippen LogP contribution in [0.15, 0.2) is 53.8 Å². The zero-order valence-electron chi connectivity index (χ0n) is 16.8. The minimum absolute atomic E-state index is 0.0420. The van der Waals surface area contributed by atoms with E-state index in [0.717, 1.165) is 0 Å². The van der Waals surface area contributed by atoms with Gasteiger partial charge in [-0.1, -0.05) is 24.3 Å². The van der Waals surface area contributed by atoms with E-state index >= 15 is 0 Å². The molecule has 0 radical (unpaired) electrons. The van der Waals surface area contributed by atoms with Gasteiger partial charge in [-0.2, -0.15) is 13.2 Å². The van der Waals surface area contributed by atoms with Crippen molar-refractivity contribution < 1.29 is 22.7 Å². The van der Waals surface area contributed by atoms with Gasteiger partial charge >= 0.3 is 6.18 Å². The molecule has 5 nitrogen and oxygen atoms in total. The van der Waals surface area contributed by atoms with Crippen LogP contribution in [0.2, 0.25) is 0 Å². The summed E-state index contributed by atoms with van der Waals surface area (Å²) in [5.41, 5.74) is 0.124. The van der Waals surface area contributed by atoms with Crippen molar-refractivity contribution >= 4 is 5.91 Å². The fraction of sp³-hybridized carbons (Fsp3) is 0.476. The summed E-state index contributed by atoms with van der Waals surface area (Å²) in [6.45, 7) is 2.35. The minimum Gasteiger partial charge on any atom is -0.484 e. The van der Waals surface area contributed by atoms with E-state index < -0.39 is 11.7 Å². The third-order valence-electron chi connectivity index (χ3n) is 4.65. The largest absolute Gasteiger partial charge is 0.484 e. The molecule has 0 fully saturated rings. The first-order valence-corrected chi connectivity index (χ1v) is 9.58. The van der Waals surface area contributed by atoms with Crippen molar-refractivity contribution in [3.05, 3.63) is 53.8 Å². The number of hydrogen-bond donors (Lipinski definition) is 1. The Hall–Kier alpha value is -2.48. The number of rotatable bonds is 10. The lowest BCUT2D eigenvalue weighted by Crippen LogP contribution is -2.38. The zero-order valence-corrected chi connectivity index (χ0v) is 16.8. The number of carbonyl (C=O) groups excluding carboxylic acids is 1. The van der Waals surface area contributed by atoms with E-state index in [1.54, 1.807) is 12.1 Å². The van der Waals surface area contributed by atoms with Gasteiger partial charge in [0.25, 0.3) is 5.91 Å². The van der Waals surface area contributed by atoms with Crippen molar-refractivity contribution in [1.29, 1.82) is 0 Å². The standard InChI is InChI=1S/C21H28F3N3O2/c1-26(12-11-25-20(28)16-29-19-9-4-3-5-10-19)13-14-27(2)18-8-6-7-17(15-18)21(22,23)24/h3-5,7,9-10,15H,6,8,11-14,16H2,1-2H3,(H,25,28). The molecule has 0 unspecified atom stereocenters. The molecule has 0 heterocycles. The number of amides is 1. The van der Waals surface area contributed by atoms with Gasteiger partial charge in [0, 0.05) is 38.9 Å². The molecule has 1 amide bonds. The molecule has 0 aliphatic heterocycles. The van der Waals surface area contributed by atoms with Crippen LogP contribution >= 0.6 is 0 Å². The zero-order chi connectivity index (χ0) is 21.3. The lowest BCUT2D eigenvalue weighted by molar-refractivity contribution is -0.123. The smallest absolute Gasteiger partial charge is 0.416 e. The normalized spacial score (nSPS) is 14.3. The molecule has 8 heteroatoms. The SMILES string of the molecule is CN(CCNC(=O)COc1ccccc1)CCN(C)C1=CC(C(F)(F)F)=CCC1. The summed E-state index contributed by atoms with van der Waals surface area (Å²) < 4.78 is 44.0. The average Bonchev–Trinajstić information content (AvgIpc) is 2.70. The number of benzene rings is 1. The van der Waals surface area contributed by atoms with E-state index in [9.17, 15) is 18.0 Å². The Morgan fingerprint density at radius 2 is 1.86 bits per heavy atom. The first kappa shape index (κ1) is 22.8. The van der Waals surface area contributed by atoms with Crippen LogP contribution in [-0.4, -0.2) is 68.8 Å². The molecule has 160 valence electrons. The van der Waals surface area contributed by atoms with Gasteiger partial charge in [0.15, 0.2) is 6.61 Å². The maximum Gasteiger partial charge on any atom is 0.416 e. The van der Waals surface area contributed by atoms with Crippen LogP contribution in [0.25, 0.3) is 0 Å². The molecule has 1 aliphatic rings. The molecular weight excluding hydrogens is 383 g/mol.